The number of carbonyl (C=O) groups is 1. The largest absolute Gasteiger partial charge is 0.391 e. The summed E-state index contributed by atoms with van der Waals surface area (Å²) in [5.41, 5.74) is -0.491. The molecule has 3 nitrogen and oxygen atoms in total. The van der Waals surface area contributed by atoms with Crippen molar-refractivity contribution in [2.24, 2.45) is 0 Å². The Balaban J connectivity index is 1.98. The highest BCUT2D eigenvalue weighted by Crippen LogP contribution is 2.35. The van der Waals surface area contributed by atoms with Gasteiger partial charge in [0.15, 0.2) is 0 Å². The van der Waals surface area contributed by atoms with Gasteiger partial charge in [-0.25, -0.2) is 17.6 Å². The Hall–Kier alpha value is -2.41. The van der Waals surface area contributed by atoms with Gasteiger partial charge < -0.3 is 10.0 Å². The molecule has 1 fully saturated rings. The van der Waals surface area contributed by atoms with Crippen LogP contribution in [0.4, 0.5) is 17.6 Å². The molecule has 126 valence electrons. The lowest BCUT2D eigenvalue weighted by Gasteiger charge is -2.25. The van der Waals surface area contributed by atoms with E-state index in [2.05, 4.69) is 0 Å². The summed E-state index contributed by atoms with van der Waals surface area (Å²) in [6, 6.07) is 4.35. The van der Waals surface area contributed by atoms with Gasteiger partial charge in [0.2, 0.25) is 0 Å². The number of nitrogens with zero attached hydrogens (tertiary/aromatic N) is 1. The van der Waals surface area contributed by atoms with Crippen LogP contribution in [-0.2, 0) is 0 Å². The zero-order valence-electron chi connectivity index (χ0n) is 12.3. The SMILES string of the molecule is O=C(c1ccc(F)cc1F)N1CC(O)CC1c1cc(F)ccc1F. The number of halogens is 4. The normalized spacial score (nSPS) is 20.5. The number of likely N-dealkylation sites (tertiary alicyclic amines) is 1. The standard InChI is InChI=1S/C17H13F4NO2/c18-9-2-4-14(20)13(5-9)16-7-11(23)8-22(16)17(24)12-3-1-10(19)6-15(12)21/h1-6,11,16,23H,7-8H2. The smallest absolute Gasteiger partial charge is 0.257 e. The fourth-order valence-electron chi connectivity index (χ4n) is 2.92. The van der Waals surface area contributed by atoms with E-state index in [-0.39, 0.29) is 18.5 Å². The van der Waals surface area contributed by atoms with E-state index in [1.54, 1.807) is 0 Å². The van der Waals surface area contributed by atoms with E-state index in [9.17, 15) is 27.5 Å². The maximum Gasteiger partial charge on any atom is 0.257 e. The molecular formula is C17H13F4NO2. The fraction of sp³-hybridized carbons (Fsp3) is 0.235. The maximum absolute atomic E-state index is 14.0. The summed E-state index contributed by atoms with van der Waals surface area (Å²) < 4.78 is 54.3. The minimum atomic E-state index is -1.06. The molecule has 0 aromatic heterocycles. The van der Waals surface area contributed by atoms with E-state index >= 15 is 0 Å². The Morgan fingerprint density at radius 3 is 2.38 bits per heavy atom. The van der Waals surface area contributed by atoms with Crippen LogP contribution >= 0.6 is 0 Å². The Bertz CT molecular complexity index is 796. The van der Waals surface area contributed by atoms with Crippen molar-refractivity contribution in [3.05, 3.63) is 70.8 Å². The Kier molecular flexibility index (Phi) is 4.28. The quantitative estimate of drug-likeness (QED) is 0.854. The summed E-state index contributed by atoms with van der Waals surface area (Å²) in [5.74, 6) is -4.13. The van der Waals surface area contributed by atoms with Crippen molar-refractivity contribution in [3.63, 3.8) is 0 Å². The zero-order chi connectivity index (χ0) is 17.4. The molecule has 1 heterocycles. The second-order valence-corrected chi connectivity index (χ2v) is 5.65. The van der Waals surface area contributed by atoms with E-state index in [0.717, 1.165) is 35.2 Å². The lowest BCUT2D eigenvalue weighted by molar-refractivity contribution is 0.0709. The van der Waals surface area contributed by atoms with E-state index in [1.165, 1.54) is 0 Å². The van der Waals surface area contributed by atoms with Gasteiger partial charge in [-0.2, -0.15) is 0 Å². The van der Waals surface area contributed by atoms with Crippen LogP contribution in [0.1, 0.15) is 28.4 Å². The molecule has 1 aliphatic heterocycles. The number of hydrogen-bond acceptors (Lipinski definition) is 2. The molecule has 1 amide bonds. The van der Waals surface area contributed by atoms with Crippen LogP contribution in [0.15, 0.2) is 36.4 Å². The first-order chi connectivity index (χ1) is 11.4. The third-order valence-corrected chi connectivity index (χ3v) is 4.02. The van der Waals surface area contributed by atoms with Gasteiger partial charge in [0.1, 0.15) is 23.3 Å². The highest BCUT2D eigenvalue weighted by atomic mass is 19.1. The summed E-state index contributed by atoms with van der Waals surface area (Å²) in [4.78, 5) is 13.6. The summed E-state index contributed by atoms with van der Waals surface area (Å²) in [7, 11) is 0. The summed E-state index contributed by atoms with van der Waals surface area (Å²) in [6.07, 6.45) is -0.959. The molecule has 1 N–H and O–H groups in total. The average Bonchev–Trinajstić information content (AvgIpc) is 2.91. The van der Waals surface area contributed by atoms with Gasteiger partial charge in [-0.1, -0.05) is 0 Å². The van der Waals surface area contributed by atoms with Crippen molar-refractivity contribution in [2.45, 2.75) is 18.6 Å². The van der Waals surface area contributed by atoms with Crippen molar-refractivity contribution in [1.29, 1.82) is 0 Å². The summed E-state index contributed by atoms with van der Waals surface area (Å²) >= 11 is 0. The van der Waals surface area contributed by atoms with Crippen LogP contribution in [0, 0.1) is 23.3 Å². The molecule has 0 saturated carbocycles. The molecule has 3 rings (SSSR count). The summed E-state index contributed by atoms with van der Waals surface area (Å²) in [6.45, 7) is -0.156. The monoisotopic (exact) mass is 339 g/mol. The molecule has 0 aliphatic carbocycles. The molecule has 2 aromatic rings. The Morgan fingerprint density at radius 1 is 1.00 bits per heavy atom. The molecule has 1 saturated heterocycles. The highest BCUT2D eigenvalue weighted by Gasteiger charge is 2.38. The van der Waals surface area contributed by atoms with Crippen molar-refractivity contribution >= 4 is 5.91 Å². The summed E-state index contributed by atoms with van der Waals surface area (Å²) in [5, 5.41) is 9.84. The third-order valence-electron chi connectivity index (χ3n) is 4.02. The average molecular weight is 339 g/mol. The number of rotatable bonds is 2. The molecule has 2 aromatic carbocycles. The van der Waals surface area contributed by atoms with E-state index in [0.29, 0.717) is 6.07 Å². The number of amides is 1. The second-order valence-electron chi connectivity index (χ2n) is 5.65. The van der Waals surface area contributed by atoms with Crippen molar-refractivity contribution in [3.8, 4) is 0 Å². The fourth-order valence-corrected chi connectivity index (χ4v) is 2.92. The Labute approximate surface area is 135 Å². The lowest BCUT2D eigenvalue weighted by atomic mass is 10.0. The van der Waals surface area contributed by atoms with Gasteiger partial charge in [0, 0.05) is 18.2 Å². The molecule has 0 radical (unpaired) electrons. The maximum atomic E-state index is 14.0. The van der Waals surface area contributed by atoms with Crippen LogP contribution in [0.25, 0.3) is 0 Å². The predicted molar refractivity (Wildman–Crippen MR) is 77.1 cm³/mol. The van der Waals surface area contributed by atoms with Crippen molar-refractivity contribution < 1.29 is 27.5 Å². The van der Waals surface area contributed by atoms with Crippen LogP contribution in [-0.4, -0.2) is 28.6 Å². The third kappa shape index (κ3) is 2.99. The highest BCUT2D eigenvalue weighted by molar-refractivity contribution is 5.95. The van der Waals surface area contributed by atoms with Crippen LogP contribution in [0.3, 0.4) is 0 Å². The topological polar surface area (TPSA) is 40.5 Å². The number of hydrogen-bond donors (Lipinski definition) is 1. The molecule has 2 unspecified atom stereocenters. The Morgan fingerprint density at radius 2 is 1.67 bits per heavy atom. The number of benzene rings is 2. The van der Waals surface area contributed by atoms with Crippen LogP contribution < -0.4 is 0 Å². The minimum absolute atomic E-state index is 0.00503. The van der Waals surface area contributed by atoms with E-state index < -0.39 is 46.9 Å². The zero-order valence-corrected chi connectivity index (χ0v) is 12.3. The predicted octanol–water partition coefficient (Wildman–Crippen LogP) is 3.19. The van der Waals surface area contributed by atoms with Gasteiger partial charge in [0.25, 0.3) is 5.91 Å². The lowest BCUT2D eigenvalue weighted by Crippen LogP contribution is -2.32. The van der Waals surface area contributed by atoms with E-state index in [1.807, 2.05) is 0 Å². The molecule has 24 heavy (non-hydrogen) atoms. The first-order valence-electron chi connectivity index (χ1n) is 7.26. The molecule has 1 aliphatic rings. The van der Waals surface area contributed by atoms with Crippen molar-refractivity contribution in [1.82, 2.24) is 4.90 Å². The van der Waals surface area contributed by atoms with Gasteiger partial charge >= 0.3 is 0 Å². The van der Waals surface area contributed by atoms with Crippen molar-refractivity contribution in [2.75, 3.05) is 6.54 Å². The number of aliphatic hydroxyl groups excluding tert-OH is 1. The molecular weight excluding hydrogens is 326 g/mol. The first-order valence-corrected chi connectivity index (χ1v) is 7.26. The van der Waals surface area contributed by atoms with E-state index in [4.69, 9.17) is 0 Å². The van der Waals surface area contributed by atoms with Crippen LogP contribution in [0.2, 0.25) is 0 Å². The van der Waals surface area contributed by atoms with Crippen LogP contribution in [0.5, 0.6) is 0 Å². The second kappa shape index (κ2) is 6.24. The molecule has 0 bridgehead atoms. The first kappa shape index (κ1) is 16.4. The molecule has 2 atom stereocenters. The minimum Gasteiger partial charge on any atom is -0.391 e. The van der Waals surface area contributed by atoms with Gasteiger partial charge in [-0.3, -0.25) is 4.79 Å². The number of carbonyl (C=O) groups excluding carboxylic acids is 1. The number of aliphatic hydroxyl groups is 1. The van der Waals surface area contributed by atoms with Gasteiger partial charge in [-0.05, 0) is 36.8 Å². The van der Waals surface area contributed by atoms with Gasteiger partial charge in [0.05, 0.1) is 17.7 Å². The molecule has 7 heteroatoms. The number of β-amino-alcohol motifs (C(OH)–C–C–N with tert-alkyl or cyclic N) is 1. The van der Waals surface area contributed by atoms with Gasteiger partial charge in [-0.15, -0.1) is 0 Å². The molecule has 0 spiro atoms.